The van der Waals surface area contributed by atoms with E-state index in [1.54, 1.807) is 0 Å². The third-order valence-corrected chi connectivity index (χ3v) is 2.68. The van der Waals surface area contributed by atoms with Gasteiger partial charge in [-0.15, -0.1) is 0 Å². The summed E-state index contributed by atoms with van der Waals surface area (Å²) in [6.45, 7) is 6.36. The van der Waals surface area contributed by atoms with Crippen LogP contribution in [0.4, 0.5) is 0 Å². The van der Waals surface area contributed by atoms with Crippen molar-refractivity contribution in [1.82, 2.24) is 10.6 Å². The number of hydrogen-bond donors (Lipinski definition) is 2. The average Bonchev–Trinajstić information content (AvgIpc) is 2.25. The highest BCUT2D eigenvalue weighted by Gasteiger charge is 2.19. The highest BCUT2D eigenvalue weighted by Crippen LogP contribution is 1.91. The molecule has 0 fully saturated rings. The quantitative estimate of drug-likeness (QED) is 0.416. The van der Waals surface area contributed by atoms with Crippen LogP contribution in [-0.2, 0) is 19.2 Å². The molecule has 0 amide bonds. The van der Waals surface area contributed by atoms with E-state index in [1.165, 1.54) is 27.7 Å². The smallest absolute Gasteiger partial charge is 0.154 e. The summed E-state index contributed by atoms with van der Waals surface area (Å²) in [5, 5.41) is 5.68. The fraction of sp³-hybridized carbons (Fsp3) is 0.692. The summed E-state index contributed by atoms with van der Waals surface area (Å²) in [5.74, 6) is -0.867. The molecule has 0 spiro atoms. The highest BCUT2D eigenvalue weighted by molar-refractivity contribution is 6.04. The van der Waals surface area contributed by atoms with Crippen LogP contribution in [0.15, 0.2) is 0 Å². The second-order valence-electron chi connectivity index (χ2n) is 4.57. The van der Waals surface area contributed by atoms with E-state index in [4.69, 9.17) is 0 Å². The number of rotatable bonds is 10. The molecule has 0 atom stereocenters. The Morgan fingerprint density at radius 3 is 1.16 bits per heavy atom. The summed E-state index contributed by atoms with van der Waals surface area (Å²) in [7, 11) is 0. The number of Topliss-reactive ketones (excluding diaryl/α,β-unsaturated/α-hetero) is 4. The van der Waals surface area contributed by atoms with Crippen molar-refractivity contribution in [1.29, 1.82) is 0 Å². The number of ketones is 4. The zero-order valence-electron chi connectivity index (χ0n) is 11.9. The molecular weight excluding hydrogens is 248 g/mol. The van der Waals surface area contributed by atoms with Crippen molar-refractivity contribution in [3.8, 4) is 0 Å². The highest BCUT2D eigenvalue weighted by atomic mass is 16.2. The Balaban J connectivity index is 3.98. The Morgan fingerprint density at radius 2 is 0.947 bits per heavy atom. The monoisotopic (exact) mass is 270 g/mol. The van der Waals surface area contributed by atoms with Crippen LogP contribution in [0.1, 0.15) is 34.1 Å². The predicted octanol–water partition coefficient (Wildman–Crippen LogP) is -0.351. The van der Waals surface area contributed by atoms with E-state index in [1.807, 2.05) is 0 Å². The predicted molar refractivity (Wildman–Crippen MR) is 70.9 cm³/mol. The molecule has 0 unspecified atom stereocenters. The molecule has 0 aliphatic rings. The Labute approximate surface area is 113 Å². The Bertz CT molecular complexity index is 304. The maximum Gasteiger partial charge on any atom is 0.154 e. The summed E-state index contributed by atoms with van der Waals surface area (Å²) in [6.07, 6.45) is 0.605. The fourth-order valence-corrected chi connectivity index (χ4v) is 1.73. The van der Waals surface area contributed by atoms with E-state index in [0.29, 0.717) is 19.5 Å². The molecule has 0 aromatic carbocycles. The first kappa shape index (κ1) is 17.6. The maximum atomic E-state index is 11.1. The zero-order chi connectivity index (χ0) is 15.0. The minimum absolute atomic E-state index is 0.217. The Hall–Kier alpha value is -1.40. The molecular formula is C13H22N2O4. The van der Waals surface area contributed by atoms with Crippen molar-refractivity contribution in [2.45, 2.75) is 46.2 Å². The van der Waals surface area contributed by atoms with Gasteiger partial charge >= 0.3 is 0 Å². The van der Waals surface area contributed by atoms with Gasteiger partial charge in [0.25, 0.3) is 0 Å². The number of carbonyl (C=O) groups is 4. The van der Waals surface area contributed by atoms with Gasteiger partial charge in [-0.1, -0.05) is 0 Å². The van der Waals surface area contributed by atoms with E-state index < -0.39 is 12.1 Å². The Morgan fingerprint density at radius 1 is 0.684 bits per heavy atom. The molecule has 0 saturated carbocycles. The van der Waals surface area contributed by atoms with Gasteiger partial charge in [-0.3, -0.25) is 19.2 Å². The largest absolute Gasteiger partial charge is 0.301 e. The zero-order valence-corrected chi connectivity index (χ0v) is 11.9. The van der Waals surface area contributed by atoms with Crippen molar-refractivity contribution in [2.24, 2.45) is 0 Å². The maximum absolute atomic E-state index is 11.1. The molecule has 0 aliphatic carbocycles. The number of hydrogen-bond acceptors (Lipinski definition) is 6. The molecule has 6 heteroatoms. The van der Waals surface area contributed by atoms with Crippen LogP contribution in [0, 0.1) is 0 Å². The molecule has 0 aromatic heterocycles. The van der Waals surface area contributed by atoms with Crippen LogP contribution in [0.5, 0.6) is 0 Å². The summed E-state index contributed by atoms with van der Waals surface area (Å²) in [6, 6.07) is -1.53. The molecule has 0 bridgehead atoms. The van der Waals surface area contributed by atoms with Gasteiger partial charge in [0.15, 0.2) is 23.1 Å². The van der Waals surface area contributed by atoms with Crippen LogP contribution in [0.2, 0.25) is 0 Å². The fourth-order valence-electron chi connectivity index (χ4n) is 1.73. The number of nitrogens with one attached hydrogen (secondary N) is 2. The normalized spacial score (nSPS) is 10.8. The standard InChI is InChI=1S/C13H22N2O4/c1-8(16)12(9(2)17)14-6-5-7-15-13(10(3)18)11(4)19/h12-15H,5-7H2,1-4H3. The molecule has 2 N–H and O–H groups in total. The summed E-state index contributed by atoms with van der Waals surface area (Å²) >= 11 is 0. The topological polar surface area (TPSA) is 92.3 Å². The third-order valence-electron chi connectivity index (χ3n) is 2.68. The van der Waals surface area contributed by atoms with Crippen molar-refractivity contribution >= 4 is 23.1 Å². The first-order valence-corrected chi connectivity index (χ1v) is 6.26. The van der Waals surface area contributed by atoms with Crippen LogP contribution < -0.4 is 10.6 Å². The van der Waals surface area contributed by atoms with Crippen molar-refractivity contribution < 1.29 is 19.2 Å². The van der Waals surface area contributed by atoms with Gasteiger partial charge in [-0.25, -0.2) is 0 Å². The van der Waals surface area contributed by atoms with Crippen LogP contribution >= 0.6 is 0 Å². The molecule has 0 heterocycles. The lowest BCUT2D eigenvalue weighted by molar-refractivity contribution is -0.129. The van der Waals surface area contributed by atoms with Gasteiger partial charge in [-0.2, -0.15) is 0 Å². The molecule has 6 nitrogen and oxygen atoms in total. The Kier molecular flexibility index (Phi) is 8.02. The van der Waals surface area contributed by atoms with E-state index in [2.05, 4.69) is 10.6 Å². The molecule has 0 rings (SSSR count). The second-order valence-corrected chi connectivity index (χ2v) is 4.57. The van der Waals surface area contributed by atoms with E-state index >= 15 is 0 Å². The lowest BCUT2D eigenvalue weighted by Gasteiger charge is -2.14. The van der Waals surface area contributed by atoms with Gasteiger partial charge in [0.1, 0.15) is 12.1 Å². The van der Waals surface area contributed by atoms with Crippen LogP contribution in [0.25, 0.3) is 0 Å². The van der Waals surface area contributed by atoms with Gasteiger partial charge in [-0.05, 0) is 47.2 Å². The van der Waals surface area contributed by atoms with Gasteiger partial charge in [0.05, 0.1) is 0 Å². The van der Waals surface area contributed by atoms with E-state index in [-0.39, 0.29) is 23.1 Å². The van der Waals surface area contributed by atoms with Gasteiger partial charge < -0.3 is 10.6 Å². The first-order valence-electron chi connectivity index (χ1n) is 6.26. The molecule has 19 heavy (non-hydrogen) atoms. The summed E-state index contributed by atoms with van der Waals surface area (Å²) < 4.78 is 0. The average molecular weight is 270 g/mol. The SMILES string of the molecule is CC(=O)C(NCCCNC(C(C)=O)C(C)=O)C(C)=O. The lowest BCUT2D eigenvalue weighted by atomic mass is 10.1. The summed E-state index contributed by atoms with van der Waals surface area (Å²) in [4.78, 5) is 44.6. The minimum Gasteiger partial charge on any atom is -0.301 e. The van der Waals surface area contributed by atoms with Gasteiger partial charge in [0.2, 0.25) is 0 Å². The third kappa shape index (κ3) is 6.93. The van der Waals surface area contributed by atoms with Crippen molar-refractivity contribution in [3.63, 3.8) is 0 Å². The molecule has 0 radical (unpaired) electrons. The number of carbonyl (C=O) groups excluding carboxylic acids is 4. The van der Waals surface area contributed by atoms with E-state index in [9.17, 15) is 19.2 Å². The first-order chi connectivity index (χ1) is 8.77. The molecule has 108 valence electrons. The second kappa shape index (κ2) is 8.66. The van der Waals surface area contributed by atoms with Crippen molar-refractivity contribution in [2.75, 3.05) is 13.1 Å². The van der Waals surface area contributed by atoms with Crippen LogP contribution in [0.3, 0.4) is 0 Å². The van der Waals surface area contributed by atoms with E-state index in [0.717, 1.165) is 0 Å². The molecule has 0 aliphatic heterocycles. The molecule has 0 saturated heterocycles. The summed E-state index contributed by atoms with van der Waals surface area (Å²) in [5.41, 5.74) is 0. The van der Waals surface area contributed by atoms with Gasteiger partial charge in [0, 0.05) is 0 Å². The van der Waals surface area contributed by atoms with Crippen molar-refractivity contribution in [3.05, 3.63) is 0 Å². The van der Waals surface area contributed by atoms with Crippen LogP contribution in [-0.4, -0.2) is 48.3 Å². The minimum atomic E-state index is -0.767. The lowest BCUT2D eigenvalue weighted by Crippen LogP contribution is -2.44. The molecule has 0 aromatic rings.